The lowest BCUT2D eigenvalue weighted by atomic mass is 10.1. The fraction of sp³-hybridized carbons (Fsp3) is 0.296. The number of aromatic hydroxyl groups is 1. The van der Waals surface area contributed by atoms with Crippen LogP contribution in [-0.4, -0.2) is 66.6 Å². The summed E-state index contributed by atoms with van der Waals surface area (Å²) in [5, 5.41) is 12.8. The summed E-state index contributed by atoms with van der Waals surface area (Å²) in [5.41, 5.74) is -0.296. The zero-order valence-corrected chi connectivity index (χ0v) is 20.4. The Morgan fingerprint density at radius 1 is 1.00 bits per heavy atom. The van der Waals surface area contributed by atoms with Crippen LogP contribution in [0.1, 0.15) is 17.4 Å². The maximum atomic E-state index is 13.0. The SMILES string of the molecule is COc1ccnc(C(=O)N[C@H]2COC[C@H](Oc3ccccc3)[C@@H](Oc3ccccc3)[C@H](C)OC2=O)c1O. The van der Waals surface area contributed by atoms with Crippen molar-refractivity contribution in [2.24, 2.45) is 0 Å². The van der Waals surface area contributed by atoms with E-state index in [-0.39, 0.29) is 24.7 Å². The minimum absolute atomic E-state index is 0.0441. The van der Waals surface area contributed by atoms with E-state index in [1.807, 2.05) is 36.4 Å². The molecule has 0 radical (unpaired) electrons. The number of ether oxygens (including phenoxy) is 5. The van der Waals surface area contributed by atoms with Crippen molar-refractivity contribution in [3.8, 4) is 23.0 Å². The van der Waals surface area contributed by atoms with Crippen molar-refractivity contribution >= 4 is 11.9 Å². The summed E-state index contributed by atoms with van der Waals surface area (Å²) in [7, 11) is 1.35. The molecule has 10 nitrogen and oxygen atoms in total. The van der Waals surface area contributed by atoms with Gasteiger partial charge in [-0.1, -0.05) is 36.4 Å². The Morgan fingerprint density at radius 3 is 2.30 bits per heavy atom. The van der Waals surface area contributed by atoms with Crippen LogP contribution in [0.2, 0.25) is 0 Å². The fourth-order valence-corrected chi connectivity index (χ4v) is 3.80. The summed E-state index contributed by atoms with van der Waals surface area (Å²) in [6, 6.07) is 18.5. The summed E-state index contributed by atoms with van der Waals surface area (Å²) < 4.78 is 28.9. The molecule has 0 bridgehead atoms. The summed E-state index contributed by atoms with van der Waals surface area (Å²) in [4.78, 5) is 29.8. The van der Waals surface area contributed by atoms with Crippen molar-refractivity contribution in [1.29, 1.82) is 0 Å². The van der Waals surface area contributed by atoms with Crippen molar-refractivity contribution in [3.63, 3.8) is 0 Å². The van der Waals surface area contributed by atoms with Gasteiger partial charge in [0.05, 0.1) is 20.3 Å². The molecule has 4 atom stereocenters. The number of amides is 1. The molecule has 0 aliphatic carbocycles. The van der Waals surface area contributed by atoms with Crippen LogP contribution < -0.4 is 19.5 Å². The molecule has 0 saturated carbocycles. The molecule has 0 unspecified atom stereocenters. The van der Waals surface area contributed by atoms with Crippen LogP contribution in [0.3, 0.4) is 0 Å². The Bertz CT molecular complexity index is 1190. The van der Waals surface area contributed by atoms with E-state index in [0.717, 1.165) is 0 Å². The molecule has 2 N–H and O–H groups in total. The first-order valence-corrected chi connectivity index (χ1v) is 11.7. The molecule has 37 heavy (non-hydrogen) atoms. The first-order chi connectivity index (χ1) is 18.0. The average Bonchev–Trinajstić information content (AvgIpc) is 2.95. The third-order valence-electron chi connectivity index (χ3n) is 5.66. The molecular formula is C27H28N2O8. The Morgan fingerprint density at radius 2 is 1.65 bits per heavy atom. The highest BCUT2D eigenvalue weighted by molar-refractivity contribution is 5.98. The number of para-hydroxylation sites is 2. The molecule has 1 aliphatic heterocycles. The van der Waals surface area contributed by atoms with Crippen molar-refractivity contribution in [3.05, 3.63) is 78.6 Å². The predicted molar refractivity (Wildman–Crippen MR) is 132 cm³/mol. The second-order valence-electron chi connectivity index (χ2n) is 8.28. The second kappa shape index (κ2) is 12.1. The van der Waals surface area contributed by atoms with Crippen LogP contribution in [0.25, 0.3) is 0 Å². The lowest BCUT2D eigenvalue weighted by molar-refractivity contribution is -0.156. The Labute approximate surface area is 214 Å². The quantitative estimate of drug-likeness (QED) is 0.464. The normalized spacial score (nSPS) is 21.9. The van der Waals surface area contributed by atoms with E-state index in [4.69, 9.17) is 23.7 Å². The van der Waals surface area contributed by atoms with Gasteiger partial charge >= 0.3 is 5.97 Å². The van der Waals surface area contributed by atoms with Gasteiger partial charge in [-0.2, -0.15) is 0 Å². The molecule has 4 rings (SSSR count). The summed E-state index contributed by atoms with van der Waals surface area (Å²) in [6.45, 7) is 1.53. The van der Waals surface area contributed by atoms with Crippen molar-refractivity contribution in [1.82, 2.24) is 10.3 Å². The Hall–Kier alpha value is -4.31. The van der Waals surface area contributed by atoms with Gasteiger partial charge in [-0.25, -0.2) is 9.78 Å². The number of carbonyl (C=O) groups excluding carboxylic acids is 2. The van der Waals surface area contributed by atoms with Gasteiger partial charge in [-0.3, -0.25) is 4.79 Å². The number of carbonyl (C=O) groups is 2. The molecule has 3 aromatic rings. The number of pyridine rings is 1. The highest BCUT2D eigenvalue weighted by Gasteiger charge is 2.38. The molecule has 10 heteroatoms. The highest BCUT2D eigenvalue weighted by atomic mass is 16.6. The Kier molecular flexibility index (Phi) is 8.42. The van der Waals surface area contributed by atoms with Crippen LogP contribution in [0, 0.1) is 0 Å². The van der Waals surface area contributed by atoms with Gasteiger partial charge in [-0.05, 0) is 31.2 Å². The number of hydrogen-bond donors (Lipinski definition) is 2. The van der Waals surface area contributed by atoms with Crippen LogP contribution in [0.15, 0.2) is 72.9 Å². The van der Waals surface area contributed by atoms with Crippen LogP contribution in [-0.2, 0) is 14.3 Å². The van der Waals surface area contributed by atoms with E-state index >= 15 is 0 Å². The fourth-order valence-electron chi connectivity index (χ4n) is 3.80. The van der Waals surface area contributed by atoms with E-state index in [9.17, 15) is 14.7 Å². The molecule has 2 aromatic carbocycles. The number of cyclic esters (lactones) is 1. The number of benzene rings is 2. The van der Waals surface area contributed by atoms with Crippen molar-refractivity contribution in [2.75, 3.05) is 20.3 Å². The summed E-state index contributed by atoms with van der Waals surface area (Å²) >= 11 is 0. The first kappa shape index (κ1) is 25.8. The molecule has 1 amide bonds. The third-order valence-corrected chi connectivity index (χ3v) is 5.66. The molecule has 1 saturated heterocycles. The van der Waals surface area contributed by atoms with E-state index in [0.29, 0.717) is 11.5 Å². The summed E-state index contributed by atoms with van der Waals surface area (Å²) in [5.74, 6) is -0.723. The van der Waals surface area contributed by atoms with Gasteiger partial charge in [0.2, 0.25) is 0 Å². The average molecular weight is 509 g/mol. The molecule has 194 valence electrons. The van der Waals surface area contributed by atoms with Gasteiger partial charge in [-0.15, -0.1) is 0 Å². The van der Waals surface area contributed by atoms with E-state index in [1.165, 1.54) is 19.4 Å². The number of hydrogen-bond acceptors (Lipinski definition) is 9. The minimum Gasteiger partial charge on any atom is -0.503 e. The van der Waals surface area contributed by atoms with Gasteiger partial charge in [0.1, 0.15) is 17.6 Å². The number of methoxy groups -OCH3 is 1. The van der Waals surface area contributed by atoms with Crippen molar-refractivity contribution in [2.45, 2.75) is 31.3 Å². The van der Waals surface area contributed by atoms with Crippen molar-refractivity contribution < 1.29 is 38.4 Å². The van der Waals surface area contributed by atoms with E-state index in [1.54, 1.807) is 31.2 Å². The number of rotatable bonds is 7. The maximum absolute atomic E-state index is 13.0. The smallest absolute Gasteiger partial charge is 0.331 e. The lowest BCUT2D eigenvalue weighted by Gasteiger charge is -2.31. The molecule has 2 heterocycles. The van der Waals surface area contributed by atoms with Crippen LogP contribution in [0.4, 0.5) is 0 Å². The lowest BCUT2D eigenvalue weighted by Crippen LogP contribution is -2.48. The van der Waals surface area contributed by atoms with E-state index < -0.39 is 42.0 Å². The number of esters is 1. The second-order valence-corrected chi connectivity index (χ2v) is 8.28. The Balaban J connectivity index is 1.54. The molecule has 1 aliphatic rings. The minimum atomic E-state index is -1.17. The zero-order valence-electron chi connectivity index (χ0n) is 20.4. The van der Waals surface area contributed by atoms with Crippen LogP contribution in [0.5, 0.6) is 23.0 Å². The largest absolute Gasteiger partial charge is 0.503 e. The van der Waals surface area contributed by atoms with Gasteiger partial charge in [0.15, 0.2) is 35.4 Å². The van der Waals surface area contributed by atoms with Crippen LogP contribution >= 0.6 is 0 Å². The highest BCUT2D eigenvalue weighted by Crippen LogP contribution is 2.28. The monoisotopic (exact) mass is 508 g/mol. The molecule has 0 spiro atoms. The van der Waals surface area contributed by atoms with Gasteiger partial charge < -0.3 is 34.1 Å². The number of aromatic nitrogens is 1. The van der Waals surface area contributed by atoms with Gasteiger partial charge in [0.25, 0.3) is 5.91 Å². The number of nitrogens with one attached hydrogen (secondary N) is 1. The summed E-state index contributed by atoms with van der Waals surface area (Å²) in [6.07, 6.45) is -0.843. The maximum Gasteiger partial charge on any atom is 0.331 e. The standard InChI is InChI=1S/C27H28N2O8/c1-17-25(37-19-11-7-4-8-12-19)22(36-18-9-5-3-6-10-18)16-34-15-20(27(32)35-17)29-26(31)23-24(30)21(33-2)13-14-28-23/h3-14,17,20,22,25,30H,15-16H2,1-2H3,(H,29,31)/t17-,20-,22-,25-/m0/s1. The topological polar surface area (TPSA) is 125 Å². The molecule has 1 fully saturated rings. The number of nitrogens with zero attached hydrogens (tertiary/aromatic N) is 1. The van der Waals surface area contributed by atoms with E-state index in [2.05, 4.69) is 10.3 Å². The zero-order chi connectivity index (χ0) is 26.2. The molecular weight excluding hydrogens is 480 g/mol. The third kappa shape index (κ3) is 6.47. The predicted octanol–water partition coefficient (Wildman–Crippen LogP) is 2.75. The molecule has 1 aromatic heterocycles. The van der Waals surface area contributed by atoms with Gasteiger partial charge in [0, 0.05) is 12.3 Å². The first-order valence-electron chi connectivity index (χ1n) is 11.7.